The number of Topliss-reactive ketones (excluding diaryl/α,β-unsaturated/α-hetero) is 1. The molecular formula is C3H7O2Si. The Morgan fingerprint density at radius 1 is 2.00 bits per heavy atom. The SMILES string of the molecule is CC(=O)[CH]O[SiH3]. The average Bonchev–Trinajstić information content (AvgIpc) is 1.35. The molecule has 0 aromatic rings. The second-order valence-electron chi connectivity index (χ2n) is 0.964. The van der Waals surface area contributed by atoms with Crippen molar-refractivity contribution in [2.45, 2.75) is 6.92 Å². The summed E-state index contributed by atoms with van der Waals surface area (Å²) in [6.45, 7) is 2.67. The maximum Gasteiger partial charge on any atom is 0.160 e. The van der Waals surface area contributed by atoms with E-state index in [4.69, 9.17) is 0 Å². The zero-order valence-electron chi connectivity index (χ0n) is 3.89. The van der Waals surface area contributed by atoms with Gasteiger partial charge in [0.1, 0.15) is 17.1 Å². The van der Waals surface area contributed by atoms with Crippen LogP contribution in [0.5, 0.6) is 0 Å². The molecular weight excluding hydrogens is 96.1 g/mol. The van der Waals surface area contributed by atoms with E-state index in [0.29, 0.717) is 10.5 Å². The molecule has 0 fully saturated rings. The quantitative estimate of drug-likeness (QED) is 0.420. The number of hydrogen-bond acceptors (Lipinski definition) is 2. The maximum absolute atomic E-state index is 9.89. The second kappa shape index (κ2) is 3.05. The fourth-order valence-electron chi connectivity index (χ4n) is 0.166. The number of carbonyl (C=O) groups is 1. The average molecular weight is 103 g/mol. The van der Waals surface area contributed by atoms with Gasteiger partial charge < -0.3 is 4.43 Å². The Hall–Kier alpha value is -0.153. The molecule has 0 bridgehead atoms. The predicted molar refractivity (Wildman–Crippen MR) is 26.0 cm³/mol. The van der Waals surface area contributed by atoms with Crippen LogP contribution in [0.1, 0.15) is 6.92 Å². The lowest BCUT2D eigenvalue weighted by atomic mass is 10.5. The highest BCUT2D eigenvalue weighted by atomic mass is 28.2. The maximum atomic E-state index is 9.89. The summed E-state index contributed by atoms with van der Waals surface area (Å²) in [5.74, 6) is -0.0231. The van der Waals surface area contributed by atoms with Gasteiger partial charge in [-0.15, -0.1) is 0 Å². The number of ketones is 1. The van der Waals surface area contributed by atoms with Gasteiger partial charge in [0.05, 0.1) is 0 Å². The van der Waals surface area contributed by atoms with Gasteiger partial charge in [0, 0.05) is 0 Å². The minimum absolute atomic E-state index is 0.0231. The molecule has 0 spiro atoms. The lowest BCUT2D eigenvalue weighted by Gasteiger charge is -1.84. The molecule has 0 aromatic carbocycles. The van der Waals surface area contributed by atoms with E-state index < -0.39 is 0 Å². The highest BCUT2D eigenvalue weighted by Gasteiger charge is 1.84. The van der Waals surface area contributed by atoms with Crippen LogP contribution in [-0.2, 0) is 9.22 Å². The highest BCUT2D eigenvalue weighted by molar-refractivity contribution is 6.00. The van der Waals surface area contributed by atoms with Crippen molar-refractivity contribution in [1.29, 1.82) is 0 Å². The van der Waals surface area contributed by atoms with E-state index in [1.54, 1.807) is 0 Å². The van der Waals surface area contributed by atoms with Gasteiger partial charge in [0.2, 0.25) is 0 Å². The lowest BCUT2D eigenvalue weighted by molar-refractivity contribution is -0.116. The van der Waals surface area contributed by atoms with Crippen molar-refractivity contribution in [1.82, 2.24) is 0 Å². The van der Waals surface area contributed by atoms with Crippen LogP contribution in [0.15, 0.2) is 0 Å². The number of rotatable bonds is 2. The van der Waals surface area contributed by atoms with Crippen molar-refractivity contribution < 1.29 is 9.22 Å². The molecule has 2 nitrogen and oxygen atoms in total. The molecule has 0 unspecified atom stereocenters. The van der Waals surface area contributed by atoms with Gasteiger partial charge in [0.15, 0.2) is 5.78 Å². The Kier molecular flexibility index (Phi) is 2.98. The molecule has 0 heterocycles. The Morgan fingerprint density at radius 3 is 2.50 bits per heavy atom. The molecule has 0 aliphatic rings. The summed E-state index contributed by atoms with van der Waals surface area (Å²) in [5, 5.41) is 0. The third kappa shape index (κ3) is 3.85. The van der Waals surface area contributed by atoms with Crippen LogP contribution in [0.2, 0.25) is 0 Å². The molecule has 35 valence electrons. The molecule has 0 aromatic heterocycles. The largest absolute Gasteiger partial charge is 0.416 e. The Labute approximate surface area is 40.0 Å². The molecule has 0 aliphatic heterocycles. The van der Waals surface area contributed by atoms with E-state index in [0.717, 1.165) is 0 Å². The molecule has 0 N–H and O–H groups in total. The van der Waals surface area contributed by atoms with Gasteiger partial charge in [0.25, 0.3) is 0 Å². The summed E-state index contributed by atoms with van der Waals surface area (Å²) < 4.78 is 4.47. The molecule has 0 atom stereocenters. The van der Waals surface area contributed by atoms with Gasteiger partial charge in [-0.05, 0) is 6.92 Å². The molecule has 1 radical (unpaired) electrons. The topological polar surface area (TPSA) is 26.3 Å². The summed E-state index contributed by atoms with van der Waals surface area (Å²) in [6.07, 6.45) is 0. The van der Waals surface area contributed by atoms with Crippen molar-refractivity contribution in [3.8, 4) is 0 Å². The minimum Gasteiger partial charge on any atom is -0.416 e. The van der Waals surface area contributed by atoms with Crippen LogP contribution in [0.3, 0.4) is 0 Å². The van der Waals surface area contributed by atoms with E-state index in [1.165, 1.54) is 13.5 Å². The van der Waals surface area contributed by atoms with Crippen LogP contribution < -0.4 is 0 Å². The van der Waals surface area contributed by atoms with E-state index in [2.05, 4.69) is 4.43 Å². The van der Waals surface area contributed by atoms with Crippen LogP contribution in [0, 0.1) is 6.61 Å². The summed E-state index contributed by atoms with van der Waals surface area (Å²) in [4.78, 5) is 9.89. The number of hydrogen-bond donors (Lipinski definition) is 0. The third-order valence-electron chi connectivity index (χ3n) is 0.284. The van der Waals surface area contributed by atoms with Gasteiger partial charge in [-0.2, -0.15) is 0 Å². The summed E-state index contributed by atoms with van der Waals surface area (Å²) >= 11 is 0. The van der Waals surface area contributed by atoms with E-state index >= 15 is 0 Å². The van der Waals surface area contributed by atoms with E-state index in [9.17, 15) is 4.79 Å². The highest BCUT2D eigenvalue weighted by Crippen LogP contribution is 1.73. The zero-order valence-corrected chi connectivity index (χ0v) is 5.89. The summed E-state index contributed by atoms with van der Waals surface area (Å²) in [7, 11) is 0.610. The van der Waals surface area contributed by atoms with Crippen LogP contribution in [0.4, 0.5) is 0 Å². The van der Waals surface area contributed by atoms with Crippen molar-refractivity contribution in [3.63, 3.8) is 0 Å². The van der Waals surface area contributed by atoms with Gasteiger partial charge in [-0.25, -0.2) is 0 Å². The monoisotopic (exact) mass is 103 g/mol. The first-order valence-corrected chi connectivity index (χ1v) is 2.45. The van der Waals surface area contributed by atoms with Crippen molar-refractivity contribution in [2.24, 2.45) is 0 Å². The van der Waals surface area contributed by atoms with Crippen LogP contribution in [0.25, 0.3) is 0 Å². The molecule has 0 aliphatic carbocycles. The van der Waals surface area contributed by atoms with Crippen molar-refractivity contribution in [3.05, 3.63) is 6.61 Å². The molecule has 0 amide bonds. The Morgan fingerprint density at radius 2 is 2.50 bits per heavy atom. The Balaban J connectivity index is 2.83. The van der Waals surface area contributed by atoms with E-state index in [-0.39, 0.29) is 5.78 Å². The molecule has 0 saturated heterocycles. The zero-order chi connectivity index (χ0) is 4.99. The van der Waals surface area contributed by atoms with Gasteiger partial charge in [-0.1, -0.05) is 0 Å². The van der Waals surface area contributed by atoms with Crippen molar-refractivity contribution in [2.75, 3.05) is 0 Å². The van der Waals surface area contributed by atoms with Gasteiger partial charge >= 0.3 is 0 Å². The number of carbonyl (C=O) groups excluding carboxylic acids is 1. The molecule has 0 saturated carbocycles. The normalized spacial score (nSPS) is 8.83. The van der Waals surface area contributed by atoms with Crippen molar-refractivity contribution >= 4 is 16.3 Å². The van der Waals surface area contributed by atoms with Crippen LogP contribution >= 0.6 is 0 Å². The molecule has 6 heavy (non-hydrogen) atoms. The fraction of sp³-hybridized carbons (Fsp3) is 0.333. The Bertz CT molecular complexity index is 52.8. The first-order valence-electron chi connectivity index (χ1n) is 1.64. The molecule has 0 rings (SSSR count). The van der Waals surface area contributed by atoms with Gasteiger partial charge in [-0.3, -0.25) is 4.79 Å². The first-order chi connectivity index (χ1) is 2.77. The smallest absolute Gasteiger partial charge is 0.160 e. The first kappa shape index (κ1) is 5.85. The fourth-order valence-corrected chi connectivity index (χ4v) is 0.498. The standard InChI is InChI=1S/C3H7O2Si/c1-3(4)2-5-6/h2H,1,6H3. The van der Waals surface area contributed by atoms with Crippen LogP contribution in [-0.4, -0.2) is 16.3 Å². The third-order valence-corrected chi connectivity index (χ3v) is 0.520. The minimum atomic E-state index is -0.0231. The summed E-state index contributed by atoms with van der Waals surface area (Å²) in [5.41, 5.74) is 0. The second-order valence-corrected chi connectivity index (χ2v) is 1.44. The molecule has 3 heteroatoms. The lowest BCUT2D eigenvalue weighted by Crippen LogP contribution is -1.91. The summed E-state index contributed by atoms with van der Waals surface area (Å²) in [6, 6.07) is 0. The predicted octanol–water partition coefficient (Wildman–Crippen LogP) is -0.966. The van der Waals surface area contributed by atoms with E-state index in [1.807, 2.05) is 0 Å².